The fourth-order valence-corrected chi connectivity index (χ4v) is 3.67. The molecule has 0 saturated carbocycles. The molecule has 0 bridgehead atoms. The second-order valence-electron chi connectivity index (χ2n) is 8.00. The zero-order valence-electron chi connectivity index (χ0n) is 18.3. The molecule has 1 atom stereocenters. The van der Waals surface area contributed by atoms with Crippen molar-refractivity contribution in [2.75, 3.05) is 13.1 Å². The quantitative estimate of drug-likeness (QED) is 0.266. The summed E-state index contributed by atoms with van der Waals surface area (Å²) in [5.41, 5.74) is 4.82. The summed E-state index contributed by atoms with van der Waals surface area (Å²) in [5, 5.41) is 25.1. The van der Waals surface area contributed by atoms with Gasteiger partial charge < -0.3 is 31.3 Å². The lowest BCUT2D eigenvalue weighted by molar-refractivity contribution is -0.185. The Morgan fingerprint density at radius 3 is 2.21 bits per heavy atom. The Morgan fingerprint density at radius 2 is 1.64 bits per heavy atom. The van der Waals surface area contributed by atoms with E-state index in [1.807, 2.05) is 0 Å². The lowest BCUT2D eigenvalue weighted by atomic mass is 9.98. The highest BCUT2D eigenvalue weighted by atomic mass is 16.6. The summed E-state index contributed by atoms with van der Waals surface area (Å²) in [7, 11) is 0. The van der Waals surface area contributed by atoms with Crippen molar-refractivity contribution < 1.29 is 29.3 Å². The molecule has 33 heavy (non-hydrogen) atoms. The number of aromatic hydroxyl groups is 1. The minimum absolute atomic E-state index is 0.0899. The van der Waals surface area contributed by atoms with Gasteiger partial charge in [0.05, 0.1) is 6.10 Å². The van der Waals surface area contributed by atoms with Crippen LogP contribution in [0.5, 0.6) is 5.75 Å². The first-order valence-corrected chi connectivity index (χ1v) is 10.9. The van der Waals surface area contributed by atoms with E-state index in [-0.39, 0.29) is 24.2 Å². The van der Waals surface area contributed by atoms with Gasteiger partial charge in [-0.3, -0.25) is 9.59 Å². The van der Waals surface area contributed by atoms with Gasteiger partial charge in [-0.05, 0) is 67.7 Å². The predicted molar refractivity (Wildman–Crippen MR) is 121 cm³/mol. The molecule has 9 nitrogen and oxygen atoms in total. The molecular formula is C24H29N3O6. The van der Waals surface area contributed by atoms with Crippen molar-refractivity contribution >= 4 is 17.7 Å². The van der Waals surface area contributed by atoms with Gasteiger partial charge in [-0.1, -0.05) is 24.3 Å². The Bertz CT molecular complexity index is 971. The summed E-state index contributed by atoms with van der Waals surface area (Å²) < 4.78 is 5.87. The number of ether oxygens (including phenoxy) is 1. The van der Waals surface area contributed by atoms with Gasteiger partial charge >= 0.3 is 11.7 Å². The number of piperidine rings is 1. The number of Topliss-reactive ketones (excluding diaryl/α,β-unsaturated/α-hetero) is 1. The lowest BCUT2D eigenvalue weighted by Crippen LogP contribution is -2.63. The third kappa shape index (κ3) is 6.16. The number of carbonyl (C=O) groups is 3. The van der Waals surface area contributed by atoms with Gasteiger partial charge in [0, 0.05) is 18.5 Å². The molecule has 2 aromatic rings. The summed E-state index contributed by atoms with van der Waals surface area (Å²) in [6.45, 7) is 1.54. The second-order valence-corrected chi connectivity index (χ2v) is 8.00. The maximum absolute atomic E-state index is 13.3. The maximum Gasteiger partial charge on any atom is 0.365 e. The number of aliphatic carboxylic acids is 1. The summed E-state index contributed by atoms with van der Waals surface area (Å²) in [5.74, 6) is -2.96. The Balaban J connectivity index is 1.85. The van der Waals surface area contributed by atoms with Gasteiger partial charge in [-0.2, -0.15) is 0 Å². The highest BCUT2D eigenvalue weighted by Gasteiger charge is 2.50. The smallest absolute Gasteiger partial charge is 0.365 e. The molecular weight excluding hydrogens is 426 g/mol. The third-order valence-electron chi connectivity index (χ3n) is 5.64. The molecule has 0 spiro atoms. The Hall–Kier alpha value is -3.27. The number of carbonyl (C=O) groups excluding carboxylic acids is 2. The van der Waals surface area contributed by atoms with Crippen molar-refractivity contribution in [2.24, 2.45) is 5.73 Å². The number of carboxylic acids is 1. The van der Waals surface area contributed by atoms with Crippen LogP contribution in [0, 0.1) is 0 Å². The molecule has 1 amide bonds. The number of carboxylic acid groups (broad SMARTS) is 1. The first-order chi connectivity index (χ1) is 15.8. The van der Waals surface area contributed by atoms with Crippen LogP contribution in [0.3, 0.4) is 0 Å². The van der Waals surface area contributed by atoms with E-state index in [0.717, 1.165) is 11.1 Å². The Labute approximate surface area is 191 Å². The topological polar surface area (TPSA) is 151 Å². The molecule has 1 heterocycles. The van der Waals surface area contributed by atoms with Crippen molar-refractivity contribution in [2.45, 2.75) is 44.1 Å². The van der Waals surface area contributed by atoms with Crippen LogP contribution in [0.15, 0.2) is 48.5 Å². The van der Waals surface area contributed by atoms with E-state index in [2.05, 4.69) is 10.6 Å². The Morgan fingerprint density at radius 1 is 1.03 bits per heavy atom. The molecule has 0 aromatic heterocycles. The SMILES string of the molecule is NCc1ccc(C(=O)NC(OC2CCNCC2)(C(=O)O)C(=O)CCc2ccc(O)cc2)cc1. The van der Waals surface area contributed by atoms with Gasteiger partial charge in [-0.15, -0.1) is 0 Å². The van der Waals surface area contributed by atoms with Crippen LogP contribution in [0.1, 0.15) is 40.7 Å². The third-order valence-corrected chi connectivity index (χ3v) is 5.64. The number of nitrogens with one attached hydrogen (secondary N) is 2. The number of benzene rings is 2. The van der Waals surface area contributed by atoms with Gasteiger partial charge in [-0.25, -0.2) is 4.79 Å². The summed E-state index contributed by atoms with van der Waals surface area (Å²) >= 11 is 0. The summed E-state index contributed by atoms with van der Waals surface area (Å²) in [6.07, 6.45) is 0.585. The van der Waals surface area contributed by atoms with Gasteiger partial charge in [0.15, 0.2) is 5.78 Å². The number of aryl methyl sites for hydroxylation is 1. The molecule has 1 aliphatic rings. The van der Waals surface area contributed by atoms with Gasteiger partial charge in [0.25, 0.3) is 5.91 Å². The molecule has 2 aromatic carbocycles. The van der Waals surface area contributed by atoms with Gasteiger partial charge in [0.1, 0.15) is 5.75 Å². The average molecular weight is 456 g/mol. The number of phenolic OH excluding ortho intramolecular Hbond substituents is 1. The zero-order chi connectivity index (χ0) is 23.8. The number of phenols is 1. The van der Waals surface area contributed by atoms with E-state index in [0.29, 0.717) is 32.5 Å². The first kappa shape index (κ1) is 24.4. The normalized spacial score (nSPS) is 16.0. The van der Waals surface area contributed by atoms with E-state index < -0.39 is 29.5 Å². The monoisotopic (exact) mass is 455 g/mol. The second kappa shape index (κ2) is 11.0. The van der Waals surface area contributed by atoms with Crippen LogP contribution >= 0.6 is 0 Å². The van der Waals surface area contributed by atoms with E-state index in [4.69, 9.17) is 10.5 Å². The molecule has 3 rings (SSSR count). The number of ketones is 1. The van der Waals surface area contributed by atoms with E-state index in [9.17, 15) is 24.6 Å². The van der Waals surface area contributed by atoms with Crippen LogP contribution in [-0.2, 0) is 27.3 Å². The minimum Gasteiger partial charge on any atom is -0.508 e. The van der Waals surface area contributed by atoms with Crippen LogP contribution < -0.4 is 16.4 Å². The van der Waals surface area contributed by atoms with Crippen LogP contribution in [0.4, 0.5) is 0 Å². The van der Waals surface area contributed by atoms with Crippen molar-refractivity contribution in [1.29, 1.82) is 0 Å². The summed E-state index contributed by atoms with van der Waals surface area (Å²) in [4.78, 5) is 38.7. The van der Waals surface area contributed by atoms with Crippen molar-refractivity contribution in [3.8, 4) is 5.75 Å². The van der Waals surface area contributed by atoms with E-state index >= 15 is 0 Å². The zero-order valence-corrected chi connectivity index (χ0v) is 18.3. The van der Waals surface area contributed by atoms with E-state index in [1.165, 1.54) is 24.3 Å². The van der Waals surface area contributed by atoms with Gasteiger partial charge in [0.2, 0.25) is 0 Å². The number of nitrogens with two attached hydrogens (primary N) is 1. The minimum atomic E-state index is -2.51. The van der Waals surface area contributed by atoms with Crippen molar-refractivity contribution in [3.05, 3.63) is 65.2 Å². The average Bonchev–Trinajstić information content (AvgIpc) is 2.83. The van der Waals surface area contributed by atoms with E-state index in [1.54, 1.807) is 24.3 Å². The highest BCUT2D eigenvalue weighted by Crippen LogP contribution is 2.22. The Kier molecular flexibility index (Phi) is 8.16. The first-order valence-electron chi connectivity index (χ1n) is 10.9. The number of hydrogen-bond acceptors (Lipinski definition) is 7. The molecule has 0 radical (unpaired) electrons. The van der Waals surface area contributed by atoms with Crippen molar-refractivity contribution in [3.63, 3.8) is 0 Å². The van der Waals surface area contributed by atoms with Crippen LogP contribution in [0.2, 0.25) is 0 Å². The standard InChI is InChI=1S/C24H29N3O6/c25-15-17-1-6-18(7-2-17)22(30)27-24(23(31)32,33-20-11-13-26-14-12-20)21(29)10-5-16-3-8-19(28)9-4-16/h1-4,6-9,20,26,28H,5,10-15,25H2,(H,27,30)(H,31,32). The molecule has 6 N–H and O–H groups in total. The fraction of sp³-hybridized carbons (Fsp3) is 0.375. The maximum atomic E-state index is 13.3. The lowest BCUT2D eigenvalue weighted by Gasteiger charge is -2.34. The molecule has 1 fully saturated rings. The van der Waals surface area contributed by atoms with Crippen LogP contribution in [-0.4, -0.2) is 52.8 Å². The molecule has 1 unspecified atom stereocenters. The fourth-order valence-electron chi connectivity index (χ4n) is 3.67. The molecule has 0 aliphatic carbocycles. The van der Waals surface area contributed by atoms with Crippen molar-refractivity contribution in [1.82, 2.24) is 10.6 Å². The number of amides is 1. The molecule has 9 heteroatoms. The molecule has 176 valence electrons. The highest BCUT2D eigenvalue weighted by molar-refractivity contribution is 6.10. The molecule has 1 aliphatic heterocycles. The number of rotatable bonds is 10. The number of hydrogen-bond donors (Lipinski definition) is 5. The predicted octanol–water partition coefficient (Wildman–Crippen LogP) is 1.33. The molecule has 1 saturated heterocycles. The van der Waals surface area contributed by atoms with Crippen LogP contribution in [0.25, 0.3) is 0 Å². The summed E-state index contributed by atoms with van der Waals surface area (Å²) in [6, 6.07) is 12.7. The largest absolute Gasteiger partial charge is 0.508 e.